The van der Waals surface area contributed by atoms with Crippen molar-refractivity contribution in [3.05, 3.63) is 38.2 Å². The highest BCUT2D eigenvalue weighted by Crippen LogP contribution is 2.38. The molecule has 3 rings (SSSR count). The van der Waals surface area contributed by atoms with E-state index in [2.05, 4.69) is 4.99 Å². The molecule has 23 heavy (non-hydrogen) atoms. The molecular formula is C16H14N2O3S2. The lowest BCUT2D eigenvalue weighted by atomic mass is 10.0. The summed E-state index contributed by atoms with van der Waals surface area (Å²) < 4.78 is 1.54. The molecule has 1 aliphatic rings. The van der Waals surface area contributed by atoms with E-state index >= 15 is 0 Å². The second kappa shape index (κ2) is 5.75. The van der Waals surface area contributed by atoms with E-state index in [-0.39, 0.29) is 12.4 Å². The molecule has 0 amide bonds. The quantitative estimate of drug-likeness (QED) is 0.823. The Morgan fingerprint density at radius 2 is 2.17 bits per heavy atom. The van der Waals surface area contributed by atoms with Gasteiger partial charge in [-0.25, -0.2) is 0 Å². The number of benzene rings is 1. The predicted octanol–water partition coefficient (Wildman–Crippen LogP) is 4.02. The van der Waals surface area contributed by atoms with Crippen LogP contribution < -0.4 is 0 Å². The van der Waals surface area contributed by atoms with Crippen LogP contribution in [-0.4, -0.2) is 26.5 Å². The molecule has 0 saturated carbocycles. The summed E-state index contributed by atoms with van der Waals surface area (Å²) in [5.74, 6) is -1.17. The molecular weight excluding hydrogens is 332 g/mol. The Morgan fingerprint density at radius 1 is 1.43 bits per heavy atom. The van der Waals surface area contributed by atoms with Crippen molar-refractivity contribution in [1.82, 2.24) is 4.57 Å². The van der Waals surface area contributed by atoms with Gasteiger partial charge in [0.05, 0.1) is 10.6 Å². The Bertz CT molecular complexity index is 935. The first kappa shape index (κ1) is 15.6. The molecule has 0 radical (unpaired) electrons. The summed E-state index contributed by atoms with van der Waals surface area (Å²) in [7, 11) is 0. The Kier molecular flexibility index (Phi) is 3.91. The normalized spacial score (nSPS) is 14.9. The number of carbonyl (C=O) groups is 1. The number of hydrogen-bond donors (Lipinski definition) is 2. The van der Waals surface area contributed by atoms with Gasteiger partial charge in [0.25, 0.3) is 0 Å². The molecule has 0 atom stereocenters. The summed E-state index contributed by atoms with van der Waals surface area (Å²) >= 11 is 6.33. The summed E-state index contributed by atoms with van der Waals surface area (Å²) in [6, 6.07) is 6.02. The fraction of sp³-hybridized carbons (Fsp3) is 0.188. The van der Waals surface area contributed by atoms with E-state index in [4.69, 9.17) is 17.3 Å². The van der Waals surface area contributed by atoms with E-state index in [9.17, 15) is 9.90 Å². The number of aromatic nitrogens is 1. The zero-order valence-electron chi connectivity index (χ0n) is 12.5. The molecule has 2 heterocycles. The van der Waals surface area contributed by atoms with Gasteiger partial charge in [0.1, 0.15) is 6.54 Å². The molecule has 0 saturated heterocycles. The van der Waals surface area contributed by atoms with Crippen LogP contribution in [0.4, 0.5) is 5.69 Å². The van der Waals surface area contributed by atoms with Gasteiger partial charge in [-0.2, -0.15) is 0 Å². The molecule has 2 aromatic rings. The standard InChI is InChI=1S/C16H14N2O3S2/c1-8-3-4-12-11(5-8)10(9(2)17-12)6-13-15(21)18(7-14(19)20)16(22)23-13/h3-6,21H,7H2,1-2H3,(H,19,20)/b10-6-. The number of rotatable bonds is 3. The molecule has 2 N–H and O–H groups in total. The van der Waals surface area contributed by atoms with Crippen molar-refractivity contribution in [2.24, 2.45) is 4.99 Å². The lowest BCUT2D eigenvalue weighted by Gasteiger charge is -2.03. The van der Waals surface area contributed by atoms with Gasteiger partial charge in [0.15, 0.2) is 3.95 Å². The van der Waals surface area contributed by atoms with Gasteiger partial charge in [-0.1, -0.05) is 11.6 Å². The number of thiazole rings is 1. The van der Waals surface area contributed by atoms with Gasteiger partial charge in [-0.15, -0.1) is 11.3 Å². The first-order valence-corrected chi connectivity index (χ1v) is 8.12. The average Bonchev–Trinajstić information content (AvgIpc) is 2.91. The van der Waals surface area contributed by atoms with Crippen molar-refractivity contribution in [3.63, 3.8) is 0 Å². The monoisotopic (exact) mass is 346 g/mol. The summed E-state index contributed by atoms with van der Waals surface area (Å²) in [5.41, 5.74) is 4.80. The largest absolute Gasteiger partial charge is 0.493 e. The molecule has 0 unspecified atom stereocenters. The minimum atomic E-state index is -1.05. The first-order chi connectivity index (χ1) is 10.9. The Balaban J connectivity index is 2.11. The fourth-order valence-electron chi connectivity index (χ4n) is 2.50. The number of aryl methyl sites for hydroxylation is 1. The van der Waals surface area contributed by atoms with Crippen LogP contribution in [0.5, 0.6) is 5.88 Å². The fourth-order valence-corrected chi connectivity index (χ4v) is 3.74. The van der Waals surface area contributed by atoms with E-state index in [1.165, 1.54) is 15.9 Å². The van der Waals surface area contributed by atoms with Crippen molar-refractivity contribution in [2.75, 3.05) is 0 Å². The predicted molar refractivity (Wildman–Crippen MR) is 94.3 cm³/mol. The molecule has 0 aliphatic carbocycles. The summed E-state index contributed by atoms with van der Waals surface area (Å²) in [5, 5.41) is 19.2. The van der Waals surface area contributed by atoms with E-state index in [0.717, 1.165) is 28.1 Å². The third-order valence-corrected chi connectivity index (χ3v) is 4.97. The first-order valence-electron chi connectivity index (χ1n) is 6.89. The van der Waals surface area contributed by atoms with Gasteiger partial charge in [0.2, 0.25) is 5.88 Å². The number of aliphatic carboxylic acids is 1. The van der Waals surface area contributed by atoms with Crippen molar-refractivity contribution in [2.45, 2.75) is 20.4 Å². The van der Waals surface area contributed by atoms with E-state index in [1.807, 2.05) is 38.1 Å². The molecule has 0 spiro atoms. The van der Waals surface area contributed by atoms with Crippen molar-refractivity contribution in [1.29, 1.82) is 0 Å². The van der Waals surface area contributed by atoms with Crippen molar-refractivity contribution in [3.8, 4) is 5.88 Å². The summed E-state index contributed by atoms with van der Waals surface area (Å²) in [6.45, 7) is 3.56. The van der Waals surface area contributed by atoms with Crippen molar-refractivity contribution < 1.29 is 15.0 Å². The number of aromatic hydroxyl groups is 1. The number of carboxylic acids is 1. The molecule has 0 bridgehead atoms. The molecule has 1 aromatic carbocycles. The lowest BCUT2D eigenvalue weighted by molar-refractivity contribution is -0.137. The third kappa shape index (κ3) is 2.85. The lowest BCUT2D eigenvalue weighted by Crippen LogP contribution is -2.07. The average molecular weight is 346 g/mol. The smallest absolute Gasteiger partial charge is 0.323 e. The third-order valence-electron chi connectivity index (χ3n) is 3.58. The zero-order valence-corrected chi connectivity index (χ0v) is 14.2. The van der Waals surface area contributed by atoms with Crippen LogP contribution in [0.15, 0.2) is 23.2 Å². The maximum absolute atomic E-state index is 10.9. The maximum Gasteiger partial charge on any atom is 0.323 e. The second-order valence-corrected chi connectivity index (χ2v) is 6.99. The number of nitrogens with zero attached hydrogens (tertiary/aromatic N) is 2. The highest BCUT2D eigenvalue weighted by atomic mass is 32.1. The van der Waals surface area contributed by atoms with Crippen LogP contribution in [0, 0.1) is 10.9 Å². The van der Waals surface area contributed by atoms with E-state index < -0.39 is 5.97 Å². The summed E-state index contributed by atoms with van der Waals surface area (Å²) in [6.07, 6.45) is 1.82. The molecule has 7 heteroatoms. The van der Waals surface area contributed by atoms with Gasteiger partial charge in [-0.05, 0) is 44.3 Å². The van der Waals surface area contributed by atoms with Crippen LogP contribution in [0.25, 0.3) is 11.6 Å². The molecule has 1 aliphatic heterocycles. The number of allylic oxidation sites excluding steroid dienone is 1. The maximum atomic E-state index is 10.9. The number of fused-ring (bicyclic) bond motifs is 1. The van der Waals surface area contributed by atoms with Gasteiger partial charge < -0.3 is 10.2 Å². The zero-order chi connectivity index (χ0) is 16.7. The van der Waals surface area contributed by atoms with E-state index in [1.54, 1.807) is 0 Å². The SMILES string of the molecule is CC1=Nc2ccc(C)cc2/C1=C\c1sc(=S)n(CC(=O)O)c1O. The van der Waals surface area contributed by atoms with Crippen molar-refractivity contribution >= 4 is 52.6 Å². The topological polar surface area (TPSA) is 74.8 Å². The minimum absolute atomic E-state index is 0.121. The molecule has 0 fully saturated rings. The minimum Gasteiger partial charge on any atom is -0.493 e. The molecule has 1 aromatic heterocycles. The molecule has 5 nitrogen and oxygen atoms in total. The van der Waals surface area contributed by atoms with Crippen LogP contribution in [-0.2, 0) is 11.3 Å². The Hall–Kier alpha value is -2.25. The highest BCUT2D eigenvalue weighted by molar-refractivity contribution is 7.73. The number of aliphatic imine (C=N–C) groups is 1. The van der Waals surface area contributed by atoms with Gasteiger partial charge >= 0.3 is 5.97 Å². The van der Waals surface area contributed by atoms with E-state index in [0.29, 0.717) is 8.83 Å². The number of hydrogen-bond acceptors (Lipinski definition) is 5. The van der Waals surface area contributed by atoms with Crippen LogP contribution in [0.3, 0.4) is 0 Å². The molecule has 118 valence electrons. The number of carboxylic acid groups (broad SMARTS) is 1. The van der Waals surface area contributed by atoms with Crippen LogP contribution >= 0.6 is 23.6 Å². The van der Waals surface area contributed by atoms with Gasteiger partial charge in [-0.3, -0.25) is 14.4 Å². The highest BCUT2D eigenvalue weighted by Gasteiger charge is 2.20. The van der Waals surface area contributed by atoms with Crippen LogP contribution in [0.2, 0.25) is 0 Å². The Labute approximate surface area is 141 Å². The second-order valence-electron chi connectivity index (χ2n) is 5.31. The summed E-state index contributed by atoms with van der Waals surface area (Å²) in [4.78, 5) is 15.9. The Morgan fingerprint density at radius 3 is 2.87 bits per heavy atom. The van der Waals surface area contributed by atoms with Gasteiger partial charge in [0, 0.05) is 16.8 Å². The van der Waals surface area contributed by atoms with Crippen LogP contribution in [0.1, 0.15) is 22.9 Å².